The number of rotatable bonds is 8. The highest BCUT2D eigenvalue weighted by Crippen LogP contribution is 2.13. The predicted octanol–water partition coefficient (Wildman–Crippen LogP) is 4.10. The van der Waals surface area contributed by atoms with Crippen LogP contribution >= 0.6 is 22.6 Å². The maximum Gasteiger partial charge on any atom is 0.00813 e. The first-order valence-electron chi connectivity index (χ1n) is 5.92. The quantitative estimate of drug-likeness (QED) is 0.482. The Morgan fingerprint density at radius 1 is 1.14 bits per heavy atom. The number of hydrogen-bond donors (Lipinski definition) is 0. The molecule has 0 aliphatic carbocycles. The van der Waals surface area contributed by atoms with Gasteiger partial charge in [0, 0.05) is 9.97 Å². The molecule has 0 bridgehead atoms. The highest BCUT2D eigenvalue weighted by molar-refractivity contribution is 14.1. The Hall–Kier alpha value is 0.690. The SMILES string of the molecule is CCCCN(C)C(C)CCC[C@@H](C)I. The van der Waals surface area contributed by atoms with E-state index in [2.05, 4.69) is 55.3 Å². The molecule has 86 valence electrons. The molecular weight excluding hydrogens is 285 g/mol. The minimum absolute atomic E-state index is 0.761. The first-order chi connectivity index (χ1) is 6.57. The smallest absolute Gasteiger partial charge is 0.00813 e. The van der Waals surface area contributed by atoms with Gasteiger partial charge in [0.1, 0.15) is 0 Å². The summed E-state index contributed by atoms with van der Waals surface area (Å²) in [7, 11) is 2.26. The van der Waals surface area contributed by atoms with E-state index < -0.39 is 0 Å². The van der Waals surface area contributed by atoms with E-state index in [1.54, 1.807) is 0 Å². The van der Waals surface area contributed by atoms with E-state index in [1.807, 2.05) is 0 Å². The van der Waals surface area contributed by atoms with Gasteiger partial charge in [-0.15, -0.1) is 0 Å². The van der Waals surface area contributed by atoms with Crippen molar-refractivity contribution in [3.05, 3.63) is 0 Å². The van der Waals surface area contributed by atoms with Gasteiger partial charge >= 0.3 is 0 Å². The van der Waals surface area contributed by atoms with Gasteiger partial charge < -0.3 is 4.90 Å². The van der Waals surface area contributed by atoms with Crippen LogP contribution in [-0.2, 0) is 0 Å². The van der Waals surface area contributed by atoms with E-state index >= 15 is 0 Å². The van der Waals surface area contributed by atoms with E-state index in [1.165, 1.54) is 38.6 Å². The lowest BCUT2D eigenvalue weighted by molar-refractivity contribution is 0.238. The van der Waals surface area contributed by atoms with Gasteiger partial charge in [0.2, 0.25) is 0 Å². The van der Waals surface area contributed by atoms with Crippen molar-refractivity contribution in [2.75, 3.05) is 13.6 Å². The van der Waals surface area contributed by atoms with Crippen molar-refractivity contribution in [3.8, 4) is 0 Å². The average Bonchev–Trinajstić information content (AvgIpc) is 2.13. The zero-order chi connectivity index (χ0) is 11.0. The summed E-state index contributed by atoms with van der Waals surface area (Å²) in [6.07, 6.45) is 6.74. The van der Waals surface area contributed by atoms with E-state index in [4.69, 9.17) is 0 Å². The molecule has 0 aliphatic rings. The lowest BCUT2D eigenvalue weighted by Gasteiger charge is -2.24. The molecule has 0 saturated heterocycles. The van der Waals surface area contributed by atoms with Crippen molar-refractivity contribution in [3.63, 3.8) is 0 Å². The van der Waals surface area contributed by atoms with Gasteiger partial charge in [-0.05, 0) is 39.8 Å². The summed E-state index contributed by atoms with van der Waals surface area (Å²) in [6, 6.07) is 0.761. The second-order valence-electron chi connectivity index (χ2n) is 4.39. The highest BCUT2D eigenvalue weighted by Gasteiger charge is 2.08. The van der Waals surface area contributed by atoms with Crippen LogP contribution in [0.4, 0.5) is 0 Å². The molecule has 1 nitrogen and oxygen atoms in total. The third-order valence-corrected chi connectivity index (χ3v) is 3.46. The first-order valence-corrected chi connectivity index (χ1v) is 7.16. The largest absolute Gasteiger partial charge is 0.304 e. The van der Waals surface area contributed by atoms with E-state index in [0.29, 0.717) is 0 Å². The van der Waals surface area contributed by atoms with Crippen LogP contribution < -0.4 is 0 Å². The lowest BCUT2D eigenvalue weighted by Crippen LogP contribution is -2.29. The molecule has 0 radical (unpaired) electrons. The molecule has 0 heterocycles. The molecule has 0 aromatic heterocycles. The maximum atomic E-state index is 2.52. The highest BCUT2D eigenvalue weighted by atomic mass is 127. The van der Waals surface area contributed by atoms with Gasteiger partial charge in [0.05, 0.1) is 0 Å². The summed E-state index contributed by atoms with van der Waals surface area (Å²) in [5.41, 5.74) is 0. The van der Waals surface area contributed by atoms with Crippen LogP contribution in [0.15, 0.2) is 0 Å². The lowest BCUT2D eigenvalue weighted by atomic mass is 10.1. The number of halogens is 1. The predicted molar refractivity (Wildman–Crippen MR) is 74.3 cm³/mol. The molecule has 14 heavy (non-hydrogen) atoms. The van der Waals surface area contributed by atoms with Crippen molar-refractivity contribution < 1.29 is 0 Å². The van der Waals surface area contributed by atoms with E-state index in [0.717, 1.165) is 9.97 Å². The van der Waals surface area contributed by atoms with Crippen LogP contribution in [0.3, 0.4) is 0 Å². The molecule has 0 spiro atoms. The molecule has 0 amide bonds. The van der Waals surface area contributed by atoms with Crippen LogP contribution in [0.25, 0.3) is 0 Å². The Morgan fingerprint density at radius 2 is 1.79 bits per heavy atom. The second kappa shape index (κ2) is 8.96. The molecule has 2 atom stereocenters. The van der Waals surface area contributed by atoms with Gasteiger partial charge in [-0.25, -0.2) is 0 Å². The fourth-order valence-corrected chi connectivity index (χ4v) is 1.98. The number of unbranched alkanes of at least 4 members (excludes halogenated alkanes) is 1. The molecular formula is C12H26IN. The van der Waals surface area contributed by atoms with Crippen LogP contribution in [0.5, 0.6) is 0 Å². The summed E-state index contributed by atoms with van der Waals surface area (Å²) in [5.74, 6) is 0. The Balaban J connectivity index is 3.46. The standard InChI is InChI=1S/C12H26IN/c1-5-6-10-14(4)12(3)9-7-8-11(2)13/h11-12H,5-10H2,1-4H3/t11-,12?/m1/s1. The number of nitrogens with zero attached hydrogens (tertiary/aromatic N) is 1. The summed E-state index contributed by atoms with van der Waals surface area (Å²) in [4.78, 5) is 2.50. The zero-order valence-corrected chi connectivity index (χ0v) is 12.4. The van der Waals surface area contributed by atoms with Crippen molar-refractivity contribution in [1.82, 2.24) is 4.90 Å². The van der Waals surface area contributed by atoms with Crippen molar-refractivity contribution >= 4 is 22.6 Å². The fourth-order valence-electron chi connectivity index (χ4n) is 1.54. The number of hydrogen-bond acceptors (Lipinski definition) is 1. The molecule has 0 aromatic carbocycles. The van der Waals surface area contributed by atoms with Crippen LogP contribution in [0.1, 0.15) is 52.9 Å². The topological polar surface area (TPSA) is 3.24 Å². The Bertz CT molecular complexity index is 125. The number of alkyl halides is 1. The average molecular weight is 311 g/mol. The first kappa shape index (κ1) is 14.7. The molecule has 0 saturated carbocycles. The van der Waals surface area contributed by atoms with Gasteiger partial charge in [0.15, 0.2) is 0 Å². The summed E-state index contributed by atoms with van der Waals surface area (Å²) in [5, 5.41) is 0. The fraction of sp³-hybridized carbons (Fsp3) is 1.00. The molecule has 0 aromatic rings. The Morgan fingerprint density at radius 3 is 2.29 bits per heavy atom. The minimum Gasteiger partial charge on any atom is -0.304 e. The second-order valence-corrected chi connectivity index (χ2v) is 6.52. The normalized spacial score (nSPS) is 15.9. The van der Waals surface area contributed by atoms with Crippen LogP contribution in [0, 0.1) is 0 Å². The monoisotopic (exact) mass is 311 g/mol. The van der Waals surface area contributed by atoms with Crippen molar-refractivity contribution in [2.24, 2.45) is 0 Å². The van der Waals surface area contributed by atoms with Gasteiger partial charge in [-0.3, -0.25) is 0 Å². The third kappa shape index (κ3) is 8.04. The summed E-state index contributed by atoms with van der Waals surface area (Å²) in [6.45, 7) is 8.17. The van der Waals surface area contributed by atoms with Crippen LogP contribution in [-0.4, -0.2) is 28.5 Å². The Labute approximate surface area is 104 Å². The maximum absolute atomic E-state index is 2.52. The molecule has 0 fully saturated rings. The molecule has 2 heteroatoms. The van der Waals surface area contributed by atoms with Crippen LogP contribution in [0.2, 0.25) is 0 Å². The molecule has 0 rings (SSSR count). The summed E-state index contributed by atoms with van der Waals surface area (Å²) >= 11 is 2.52. The van der Waals surface area contributed by atoms with Gasteiger partial charge in [-0.1, -0.05) is 49.3 Å². The van der Waals surface area contributed by atoms with E-state index in [-0.39, 0.29) is 0 Å². The van der Waals surface area contributed by atoms with E-state index in [9.17, 15) is 0 Å². The molecule has 0 aliphatic heterocycles. The third-order valence-electron chi connectivity index (χ3n) is 2.84. The Kier molecular flexibility index (Phi) is 9.40. The summed E-state index contributed by atoms with van der Waals surface area (Å²) < 4.78 is 0.834. The van der Waals surface area contributed by atoms with Crippen molar-refractivity contribution in [1.29, 1.82) is 0 Å². The van der Waals surface area contributed by atoms with Crippen molar-refractivity contribution in [2.45, 2.75) is 62.8 Å². The minimum atomic E-state index is 0.761. The zero-order valence-electron chi connectivity index (χ0n) is 10.2. The molecule has 1 unspecified atom stereocenters. The van der Waals surface area contributed by atoms with Gasteiger partial charge in [0.25, 0.3) is 0 Å². The molecule has 0 N–H and O–H groups in total. The van der Waals surface area contributed by atoms with Gasteiger partial charge in [-0.2, -0.15) is 0 Å².